The molecular formula is C25H23Cl2NO5S. The van der Waals surface area contributed by atoms with Crippen LogP contribution in [0.3, 0.4) is 0 Å². The van der Waals surface area contributed by atoms with Crippen LogP contribution in [0.2, 0.25) is 10.0 Å². The Morgan fingerprint density at radius 3 is 2.38 bits per heavy atom. The lowest BCUT2D eigenvalue weighted by Crippen LogP contribution is -2.55. The highest BCUT2D eigenvalue weighted by molar-refractivity contribution is 7.89. The van der Waals surface area contributed by atoms with E-state index in [0.717, 1.165) is 27.4 Å². The monoisotopic (exact) mass is 519 g/mol. The van der Waals surface area contributed by atoms with Crippen molar-refractivity contribution in [2.75, 3.05) is 13.7 Å². The minimum absolute atomic E-state index is 0.0823. The molecule has 9 heteroatoms. The number of carboxylic acids is 1. The first-order chi connectivity index (χ1) is 16.2. The van der Waals surface area contributed by atoms with E-state index in [1.54, 1.807) is 7.11 Å². The molecule has 0 radical (unpaired) electrons. The van der Waals surface area contributed by atoms with Gasteiger partial charge in [0.2, 0.25) is 10.0 Å². The van der Waals surface area contributed by atoms with Gasteiger partial charge >= 0.3 is 5.97 Å². The average molecular weight is 520 g/mol. The molecule has 34 heavy (non-hydrogen) atoms. The van der Waals surface area contributed by atoms with Gasteiger partial charge in [-0.2, -0.15) is 4.31 Å². The molecule has 6 nitrogen and oxygen atoms in total. The van der Waals surface area contributed by atoms with Gasteiger partial charge in [0.1, 0.15) is 12.3 Å². The standard InChI is InChI=1S/C25H23Cl2NO5S/c1-33-23-9-3-2-8-20(23)17-6-4-7-18(14-17)25(12-5-13-25)28(16-24(29)30)34(31,32)19-10-11-21(26)22(27)15-19/h2-4,6-11,14-15H,5,12-13,16H2,1H3,(H,29,30). The number of halogens is 2. The van der Waals surface area contributed by atoms with Crippen LogP contribution in [-0.2, 0) is 20.4 Å². The first-order valence-corrected chi connectivity index (χ1v) is 12.8. The molecule has 0 amide bonds. The van der Waals surface area contributed by atoms with E-state index in [9.17, 15) is 18.3 Å². The van der Waals surface area contributed by atoms with E-state index in [4.69, 9.17) is 27.9 Å². The summed E-state index contributed by atoms with van der Waals surface area (Å²) < 4.78 is 34.1. The van der Waals surface area contributed by atoms with Gasteiger partial charge in [-0.15, -0.1) is 0 Å². The maximum absolute atomic E-state index is 13.7. The van der Waals surface area contributed by atoms with Gasteiger partial charge in [0.15, 0.2) is 0 Å². The number of carbonyl (C=O) groups is 1. The molecular weight excluding hydrogens is 497 g/mol. The zero-order valence-electron chi connectivity index (χ0n) is 18.4. The largest absolute Gasteiger partial charge is 0.496 e. The second kappa shape index (κ2) is 9.58. The second-order valence-electron chi connectivity index (χ2n) is 8.15. The van der Waals surface area contributed by atoms with Gasteiger partial charge in [0.05, 0.1) is 27.6 Å². The predicted octanol–water partition coefficient (Wildman–Crippen LogP) is 5.82. The third-order valence-corrected chi connectivity index (χ3v) is 8.88. The molecule has 1 N–H and O–H groups in total. The minimum atomic E-state index is -4.21. The number of rotatable bonds is 8. The Labute approximate surface area is 208 Å². The molecule has 0 bridgehead atoms. The van der Waals surface area contributed by atoms with E-state index in [2.05, 4.69) is 0 Å². The molecule has 0 unspecified atom stereocenters. The molecule has 1 aliphatic rings. The Morgan fingerprint density at radius 1 is 1.03 bits per heavy atom. The summed E-state index contributed by atoms with van der Waals surface area (Å²) in [5.41, 5.74) is 1.44. The maximum Gasteiger partial charge on any atom is 0.318 e. The molecule has 0 aliphatic heterocycles. The highest BCUT2D eigenvalue weighted by Gasteiger charge is 2.50. The highest BCUT2D eigenvalue weighted by atomic mass is 35.5. The number of carboxylic acid groups (broad SMARTS) is 1. The highest BCUT2D eigenvalue weighted by Crippen LogP contribution is 2.49. The van der Waals surface area contributed by atoms with E-state index >= 15 is 0 Å². The smallest absolute Gasteiger partial charge is 0.318 e. The van der Waals surface area contributed by atoms with Crippen molar-refractivity contribution in [3.05, 3.63) is 82.3 Å². The van der Waals surface area contributed by atoms with Crippen LogP contribution in [0, 0.1) is 0 Å². The third-order valence-electron chi connectivity index (χ3n) is 6.23. The molecule has 0 saturated heterocycles. The first kappa shape index (κ1) is 24.5. The van der Waals surface area contributed by atoms with E-state index < -0.39 is 28.1 Å². The molecule has 3 aromatic carbocycles. The Balaban J connectivity index is 1.85. The molecule has 1 saturated carbocycles. The average Bonchev–Trinajstić information content (AvgIpc) is 2.79. The number of hydrogen-bond donors (Lipinski definition) is 1. The van der Waals surface area contributed by atoms with Crippen molar-refractivity contribution in [2.24, 2.45) is 0 Å². The first-order valence-electron chi connectivity index (χ1n) is 10.6. The van der Waals surface area contributed by atoms with Crippen molar-refractivity contribution in [1.82, 2.24) is 4.31 Å². The summed E-state index contributed by atoms with van der Waals surface area (Å²) in [5, 5.41) is 9.95. The summed E-state index contributed by atoms with van der Waals surface area (Å²) in [6.45, 7) is -0.679. The SMILES string of the molecule is COc1ccccc1-c1cccc(C2(N(CC(=O)O)S(=O)(=O)c3ccc(Cl)c(Cl)c3)CCC2)c1. The van der Waals surface area contributed by atoms with Gasteiger partial charge < -0.3 is 9.84 Å². The van der Waals surface area contributed by atoms with Crippen molar-refractivity contribution in [3.63, 3.8) is 0 Å². The lowest BCUT2D eigenvalue weighted by atomic mass is 9.71. The molecule has 3 aromatic rings. The van der Waals surface area contributed by atoms with E-state index in [0.29, 0.717) is 18.6 Å². The minimum Gasteiger partial charge on any atom is -0.496 e. The molecule has 1 aliphatic carbocycles. The molecule has 0 atom stereocenters. The number of hydrogen-bond acceptors (Lipinski definition) is 4. The van der Waals surface area contributed by atoms with Crippen LogP contribution < -0.4 is 4.74 Å². The second-order valence-corrected chi connectivity index (χ2v) is 10.8. The van der Waals surface area contributed by atoms with E-state index in [1.165, 1.54) is 18.2 Å². The summed E-state index contributed by atoms with van der Waals surface area (Å²) >= 11 is 12.1. The number of para-hydroxylation sites is 1. The predicted molar refractivity (Wildman–Crippen MR) is 132 cm³/mol. The summed E-state index contributed by atoms with van der Waals surface area (Å²) in [6, 6.07) is 19.1. The zero-order chi connectivity index (χ0) is 24.5. The molecule has 178 valence electrons. The van der Waals surface area contributed by atoms with E-state index in [1.807, 2.05) is 48.5 Å². The number of benzene rings is 3. The summed E-state index contributed by atoms with van der Waals surface area (Å²) in [5.74, 6) is -0.552. The Morgan fingerprint density at radius 2 is 1.76 bits per heavy atom. The molecule has 0 aromatic heterocycles. The van der Waals surface area contributed by atoms with Crippen LogP contribution in [-0.4, -0.2) is 37.5 Å². The summed E-state index contributed by atoms with van der Waals surface area (Å²) in [4.78, 5) is 11.7. The Hall–Kier alpha value is -2.58. The van der Waals surface area contributed by atoms with Crippen LogP contribution in [0.1, 0.15) is 24.8 Å². The topological polar surface area (TPSA) is 83.9 Å². The zero-order valence-corrected chi connectivity index (χ0v) is 20.7. The summed E-state index contributed by atoms with van der Waals surface area (Å²) in [6.07, 6.45) is 1.76. The van der Waals surface area contributed by atoms with Gasteiger partial charge in [-0.3, -0.25) is 4.79 Å². The van der Waals surface area contributed by atoms with Gasteiger partial charge in [-0.25, -0.2) is 8.42 Å². The number of methoxy groups -OCH3 is 1. The number of aliphatic carboxylic acids is 1. The van der Waals surface area contributed by atoms with Gasteiger partial charge in [0, 0.05) is 5.56 Å². The fourth-order valence-electron chi connectivity index (χ4n) is 4.41. The Kier molecular flexibility index (Phi) is 6.92. The van der Waals surface area contributed by atoms with Crippen LogP contribution in [0.5, 0.6) is 5.75 Å². The number of sulfonamides is 1. The maximum atomic E-state index is 13.7. The normalized spacial score (nSPS) is 15.1. The van der Waals surface area contributed by atoms with Crippen LogP contribution in [0.4, 0.5) is 0 Å². The van der Waals surface area contributed by atoms with Crippen LogP contribution >= 0.6 is 23.2 Å². The third kappa shape index (κ3) is 4.41. The lowest BCUT2D eigenvalue weighted by Gasteiger charge is -2.49. The van der Waals surface area contributed by atoms with E-state index in [-0.39, 0.29) is 14.9 Å². The molecule has 4 rings (SSSR count). The fourth-order valence-corrected chi connectivity index (χ4v) is 6.56. The summed E-state index contributed by atoms with van der Waals surface area (Å²) in [7, 11) is -2.62. The van der Waals surface area contributed by atoms with Gasteiger partial charge in [0.25, 0.3) is 0 Å². The fraction of sp³-hybridized carbons (Fsp3) is 0.240. The van der Waals surface area contributed by atoms with Crippen LogP contribution in [0.15, 0.2) is 71.6 Å². The molecule has 0 spiro atoms. The van der Waals surface area contributed by atoms with Crippen molar-refractivity contribution >= 4 is 39.2 Å². The molecule has 1 fully saturated rings. The quantitative estimate of drug-likeness (QED) is 0.405. The Bertz CT molecular complexity index is 1340. The van der Waals surface area contributed by atoms with Crippen molar-refractivity contribution in [1.29, 1.82) is 0 Å². The number of ether oxygens (including phenoxy) is 1. The van der Waals surface area contributed by atoms with Gasteiger partial charge in [-0.1, -0.05) is 59.6 Å². The van der Waals surface area contributed by atoms with Crippen LogP contribution in [0.25, 0.3) is 11.1 Å². The van der Waals surface area contributed by atoms with Crippen molar-refractivity contribution < 1.29 is 23.1 Å². The van der Waals surface area contributed by atoms with Crippen molar-refractivity contribution in [3.8, 4) is 16.9 Å². The van der Waals surface area contributed by atoms with Gasteiger partial charge in [-0.05, 0) is 60.7 Å². The number of nitrogens with zero attached hydrogens (tertiary/aromatic N) is 1. The van der Waals surface area contributed by atoms with Crippen molar-refractivity contribution in [2.45, 2.75) is 29.7 Å². The lowest BCUT2D eigenvalue weighted by molar-refractivity contribution is -0.139. The molecule has 0 heterocycles.